The van der Waals surface area contributed by atoms with Crippen molar-refractivity contribution in [1.82, 2.24) is 15.3 Å². The number of hydrogen-bond acceptors (Lipinski definition) is 4. The molecule has 21 heavy (non-hydrogen) atoms. The quantitative estimate of drug-likeness (QED) is 0.495. The van der Waals surface area contributed by atoms with Crippen LogP contribution in [0, 0.1) is 5.41 Å². The first kappa shape index (κ1) is 15.9. The number of piperidine rings is 1. The van der Waals surface area contributed by atoms with Crippen LogP contribution in [0.25, 0.3) is 0 Å². The highest BCUT2D eigenvalue weighted by molar-refractivity contribution is 5.91. The Hall–Kier alpha value is -1.46. The lowest BCUT2D eigenvalue weighted by Gasteiger charge is -2.40. The summed E-state index contributed by atoms with van der Waals surface area (Å²) in [6.45, 7) is 7.62. The van der Waals surface area contributed by atoms with Gasteiger partial charge in [0.2, 0.25) is 0 Å². The molecular formula is C16H26N4O. The number of pyridine rings is 1. The Morgan fingerprint density at radius 2 is 2.00 bits per heavy atom. The molecule has 5 nitrogen and oxygen atoms in total. The van der Waals surface area contributed by atoms with E-state index in [4.69, 9.17) is 5.84 Å². The van der Waals surface area contributed by atoms with Crippen molar-refractivity contribution in [3.05, 3.63) is 29.6 Å². The normalized spacial score (nSPS) is 18.4. The summed E-state index contributed by atoms with van der Waals surface area (Å²) in [5.74, 6) is 4.81. The number of carbonyl (C=O) groups is 1. The minimum absolute atomic E-state index is 0.341. The van der Waals surface area contributed by atoms with Crippen LogP contribution >= 0.6 is 0 Å². The third kappa shape index (κ3) is 3.80. The number of rotatable bonds is 5. The Morgan fingerprint density at radius 3 is 2.57 bits per heavy atom. The van der Waals surface area contributed by atoms with Crippen LogP contribution < -0.4 is 11.3 Å². The lowest BCUT2D eigenvalue weighted by atomic mass is 9.74. The van der Waals surface area contributed by atoms with Gasteiger partial charge in [0.1, 0.15) is 5.69 Å². The van der Waals surface area contributed by atoms with Gasteiger partial charge < -0.3 is 0 Å². The number of aromatic nitrogens is 1. The van der Waals surface area contributed by atoms with Crippen LogP contribution in [0.15, 0.2) is 18.2 Å². The lowest BCUT2D eigenvalue weighted by molar-refractivity contribution is 0.0896. The fraction of sp³-hybridized carbons (Fsp3) is 0.625. The Labute approximate surface area is 126 Å². The fourth-order valence-electron chi connectivity index (χ4n) is 3.14. The van der Waals surface area contributed by atoms with Crippen LogP contribution in [0.5, 0.6) is 0 Å². The van der Waals surface area contributed by atoms with E-state index in [0.717, 1.165) is 25.3 Å². The first-order chi connectivity index (χ1) is 10.1. The SMILES string of the molecule is CCC1(CC)CCN(Cc2cccc(C(=O)NN)n2)CC1. The van der Waals surface area contributed by atoms with E-state index in [1.165, 1.54) is 25.7 Å². The number of carbonyl (C=O) groups excluding carboxylic acids is 1. The van der Waals surface area contributed by atoms with E-state index >= 15 is 0 Å². The zero-order valence-electron chi connectivity index (χ0n) is 13.1. The van der Waals surface area contributed by atoms with Gasteiger partial charge in [-0.15, -0.1) is 0 Å². The average Bonchev–Trinajstić information content (AvgIpc) is 2.55. The molecule has 1 aromatic heterocycles. The second-order valence-corrected chi connectivity index (χ2v) is 5.97. The van der Waals surface area contributed by atoms with Crippen molar-refractivity contribution in [2.45, 2.75) is 46.1 Å². The highest BCUT2D eigenvalue weighted by Gasteiger charge is 2.31. The van der Waals surface area contributed by atoms with Gasteiger partial charge >= 0.3 is 0 Å². The monoisotopic (exact) mass is 290 g/mol. The molecule has 0 atom stereocenters. The van der Waals surface area contributed by atoms with Gasteiger partial charge in [0.25, 0.3) is 5.91 Å². The van der Waals surface area contributed by atoms with Gasteiger partial charge in [-0.1, -0.05) is 32.8 Å². The maximum Gasteiger partial charge on any atom is 0.283 e. The van der Waals surface area contributed by atoms with Gasteiger partial charge in [-0.3, -0.25) is 15.1 Å². The number of amides is 1. The molecule has 0 radical (unpaired) electrons. The molecule has 116 valence electrons. The number of likely N-dealkylation sites (tertiary alicyclic amines) is 1. The van der Waals surface area contributed by atoms with Gasteiger partial charge in [-0.2, -0.15) is 0 Å². The van der Waals surface area contributed by atoms with Crippen molar-refractivity contribution in [3.63, 3.8) is 0 Å². The minimum atomic E-state index is -0.341. The van der Waals surface area contributed by atoms with Gasteiger partial charge in [0, 0.05) is 6.54 Å². The van der Waals surface area contributed by atoms with E-state index < -0.39 is 0 Å². The molecule has 0 aliphatic carbocycles. The Kier molecular flexibility index (Phi) is 5.31. The largest absolute Gasteiger partial charge is 0.297 e. The molecule has 2 heterocycles. The number of nitrogens with zero attached hydrogens (tertiary/aromatic N) is 2. The van der Waals surface area contributed by atoms with Crippen LogP contribution in [0.4, 0.5) is 0 Å². The molecule has 1 aliphatic heterocycles. The second-order valence-electron chi connectivity index (χ2n) is 5.97. The van der Waals surface area contributed by atoms with Gasteiger partial charge in [-0.05, 0) is 43.5 Å². The summed E-state index contributed by atoms with van der Waals surface area (Å²) in [6, 6.07) is 5.51. The van der Waals surface area contributed by atoms with Gasteiger partial charge in [0.05, 0.1) is 5.69 Å². The smallest absolute Gasteiger partial charge is 0.283 e. The van der Waals surface area contributed by atoms with E-state index in [2.05, 4.69) is 29.2 Å². The molecule has 1 aromatic rings. The van der Waals surface area contributed by atoms with E-state index in [0.29, 0.717) is 11.1 Å². The fourth-order valence-corrected chi connectivity index (χ4v) is 3.14. The number of hydrogen-bond donors (Lipinski definition) is 2. The average molecular weight is 290 g/mol. The number of nitrogens with two attached hydrogens (primary N) is 1. The number of hydrazine groups is 1. The molecule has 0 bridgehead atoms. The number of nitrogen functional groups attached to an aromatic ring is 1. The molecule has 0 unspecified atom stereocenters. The van der Waals surface area contributed by atoms with Crippen LogP contribution in [0.1, 0.15) is 55.7 Å². The second kappa shape index (κ2) is 7.00. The third-order valence-electron chi connectivity index (χ3n) is 4.97. The first-order valence-corrected chi connectivity index (χ1v) is 7.81. The third-order valence-corrected chi connectivity index (χ3v) is 4.97. The summed E-state index contributed by atoms with van der Waals surface area (Å²) in [5.41, 5.74) is 3.96. The molecule has 5 heteroatoms. The van der Waals surface area contributed by atoms with E-state index in [1.54, 1.807) is 6.07 Å². The molecule has 0 aromatic carbocycles. The van der Waals surface area contributed by atoms with Crippen LogP contribution in [0.2, 0.25) is 0 Å². The Balaban J connectivity index is 1.96. The Bertz CT molecular complexity index is 475. The van der Waals surface area contributed by atoms with Crippen molar-refractivity contribution >= 4 is 5.91 Å². The zero-order valence-corrected chi connectivity index (χ0v) is 13.1. The molecule has 1 saturated heterocycles. The van der Waals surface area contributed by atoms with Crippen LogP contribution in [0.3, 0.4) is 0 Å². The van der Waals surface area contributed by atoms with Crippen LogP contribution in [-0.4, -0.2) is 28.9 Å². The van der Waals surface area contributed by atoms with Crippen LogP contribution in [-0.2, 0) is 6.54 Å². The summed E-state index contributed by atoms with van der Waals surface area (Å²) < 4.78 is 0. The van der Waals surface area contributed by atoms with Gasteiger partial charge in [0.15, 0.2) is 0 Å². The summed E-state index contributed by atoms with van der Waals surface area (Å²) in [4.78, 5) is 18.3. The summed E-state index contributed by atoms with van der Waals surface area (Å²) in [7, 11) is 0. The van der Waals surface area contributed by atoms with Crippen molar-refractivity contribution in [1.29, 1.82) is 0 Å². The first-order valence-electron chi connectivity index (χ1n) is 7.81. The van der Waals surface area contributed by atoms with E-state index in [9.17, 15) is 4.79 Å². The molecule has 1 aliphatic rings. The molecule has 3 N–H and O–H groups in total. The molecule has 2 rings (SSSR count). The molecule has 1 amide bonds. The summed E-state index contributed by atoms with van der Waals surface area (Å²) in [5, 5.41) is 0. The predicted molar refractivity (Wildman–Crippen MR) is 83.4 cm³/mol. The maximum absolute atomic E-state index is 11.5. The lowest BCUT2D eigenvalue weighted by Crippen LogP contribution is -2.39. The highest BCUT2D eigenvalue weighted by atomic mass is 16.2. The van der Waals surface area contributed by atoms with Crippen molar-refractivity contribution in [2.24, 2.45) is 11.3 Å². The molecule has 0 saturated carbocycles. The molecule has 1 fully saturated rings. The van der Waals surface area contributed by atoms with Crippen molar-refractivity contribution in [3.8, 4) is 0 Å². The standard InChI is InChI=1S/C16H26N4O/c1-3-16(4-2)8-10-20(11-9-16)12-13-6-5-7-14(18-13)15(21)19-17/h5-7H,3-4,8-12,17H2,1-2H3,(H,19,21). The summed E-state index contributed by atoms with van der Waals surface area (Å²) >= 11 is 0. The van der Waals surface area contributed by atoms with E-state index in [-0.39, 0.29) is 5.91 Å². The van der Waals surface area contributed by atoms with Crippen molar-refractivity contribution in [2.75, 3.05) is 13.1 Å². The predicted octanol–water partition coefficient (Wildman–Crippen LogP) is 2.09. The molecule has 0 spiro atoms. The maximum atomic E-state index is 11.5. The van der Waals surface area contributed by atoms with Gasteiger partial charge in [-0.25, -0.2) is 10.8 Å². The summed E-state index contributed by atoms with van der Waals surface area (Å²) in [6.07, 6.45) is 5.04. The zero-order chi connectivity index (χ0) is 15.3. The minimum Gasteiger partial charge on any atom is -0.297 e. The molecular weight excluding hydrogens is 264 g/mol. The Morgan fingerprint density at radius 1 is 1.33 bits per heavy atom. The highest BCUT2D eigenvalue weighted by Crippen LogP contribution is 2.38. The van der Waals surface area contributed by atoms with E-state index in [1.807, 2.05) is 12.1 Å². The topological polar surface area (TPSA) is 71.2 Å². The van der Waals surface area contributed by atoms with Crippen molar-refractivity contribution < 1.29 is 4.79 Å². The number of nitrogens with one attached hydrogen (secondary N) is 1.